The van der Waals surface area contributed by atoms with Crippen molar-refractivity contribution in [2.45, 2.75) is 26.8 Å². The molecule has 0 unspecified atom stereocenters. The van der Waals surface area contributed by atoms with E-state index in [1.165, 1.54) is 11.1 Å². The summed E-state index contributed by atoms with van der Waals surface area (Å²) in [7, 11) is 0. The molecule has 2 rings (SSSR count). The zero-order valence-corrected chi connectivity index (χ0v) is 13.4. The summed E-state index contributed by atoms with van der Waals surface area (Å²) >= 11 is 5.44. The largest absolute Gasteiger partial charge is 0.494 e. The van der Waals surface area contributed by atoms with Gasteiger partial charge in [-0.05, 0) is 48.7 Å². The van der Waals surface area contributed by atoms with E-state index in [1.54, 1.807) is 0 Å². The van der Waals surface area contributed by atoms with Crippen LogP contribution in [0.15, 0.2) is 48.5 Å². The van der Waals surface area contributed by atoms with Gasteiger partial charge < -0.3 is 10.1 Å². The van der Waals surface area contributed by atoms with Crippen LogP contribution in [-0.4, -0.2) is 11.6 Å². The van der Waals surface area contributed by atoms with Gasteiger partial charge in [-0.15, -0.1) is 0 Å². The molecule has 2 aromatic rings. The number of ether oxygens (including phenoxy) is 1. The molecule has 21 heavy (non-hydrogen) atoms. The molecule has 1 N–H and O–H groups in total. The summed E-state index contributed by atoms with van der Waals surface area (Å²) in [4.78, 5) is 0.764. The summed E-state index contributed by atoms with van der Waals surface area (Å²) in [6.45, 7) is 5.70. The van der Waals surface area contributed by atoms with E-state index < -0.39 is 0 Å². The molecule has 0 saturated heterocycles. The molecule has 2 nitrogen and oxygen atoms in total. The third-order valence-corrected chi connectivity index (χ3v) is 3.67. The molecule has 110 valence electrons. The number of thiocarbonyl (C=S) groups is 1. The Hall–Kier alpha value is -1.87. The van der Waals surface area contributed by atoms with Crippen LogP contribution in [0.1, 0.15) is 30.0 Å². The van der Waals surface area contributed by atoms with Gasteiger partial charge in [-0.3, -0.25) is 0 Å². The van der Waals surface area contributed by atoms with Crippen LogP contribution in [-0.2, 0) is 6.54 Å². The summed E-state index contributed by atoms with van der Waals surface area (Å²) in [5, 5.41) is 3.31. The molecular formula is C18H21NOS. The lowest BCUT2D eigenvalue weighted by Gasteiger charge is -2.11. The maximum atomic E-state index is 5.57. The Bertz CT molecular complexity index is 592. The van der Waals surface area contributed by atoms with E-state index in [9.17, 15) is 0 Å². The Labute approximate surface area is 132 Å². The molecule has 0 saturated carbocycles. The minimum absolute atomic E-state index is 0.745. The van der Waals surface area contributed by atoms with Gasteiger partial charge in [-0.1, -0.05) is 43.4 Å². The van der Waals surface area contributed by atoms with E-state index in [2.05, 4.69) is 31.3 Å². The Morgan fingerprint density at radius 3 is 2.48 bits per heavy atom. The fourth-order valence-electron chi connectivity index (χ4n) is 2.01. The van der Waals surface area contributed by atoms with Crippen LogP contribution in [0, 0.1) is 6.92 Å². The van der Waals surface area contributed by atoms with Crippen LogP contribution in [0.25, 0.3) is 0 Å². The highest BCUT2D eigenvalue weighted by Crippen LogP contribution is 2.13. The fourth-order valence-corrected chi connectivity index (χ4v) is 2.22. The Balaban J connectivity index is 1.93. The monoisotopic (exact) mass is 299 g/mol. The summed E-state index contributed by atoms with van der Waals surface area (Å²) in [5.41, 5.74) is 3.56. The van der Waals surface area contributed by atoms with E-state index in [1.807, 2.05) is 36.4 Å². The van der Waals surface area contributed by atoms with Crippen molar-refractivity contribution in [2.24, 2.45) is 0 Å². The molecule has 0 heterocycles. The number of benzene rings is 2. The van der Waals surface area contributed by atoms with Crippen LogP contribution in [0.5, 0.6) is 5.75 Å². The molecule has 0 aliphatic rings. The third kappa shape index (κ3) is 4.57. The number of aryl methyl sites for hydroxylation is 1. The van der Waals surface area contributed by atoms with Crippen molar-refractivity contribution in [3.05, 3.63) is 65.2 Å². The second-order valence-electron chi connectivity index (χ2n) is 4.98. The minimum atomic E-state index is 0.745. The average Bonchev–Trinajstić information content (AvgIpc) is 2.52. The number of hydrogen-bond acceptors (Lipinski definition) is 2. The fraction of sp³-hybridized carbons (Fsp3) is 0.278. The number of nitrogens with one attached hydrogen (secondary N) is 1. The molecule has 0 radical (unpaired) electrons. The lowest BCUT2D eigenvalue weighted by molar-refractivity contribution is 0.317. The maximum Gasteiger partial charge on any atom is 0.119 e. The summed E-state index contributed by atoms with van der Waals surface area (Å²) < 4.78 is 5.57. The first-order valence-corrected chi connectivity index (χ1v) is 7.67. The molecule has 0 fully saturated rings. The maximum absolute atomic E-state index is 5.57. The van der Waals surface area contributed by atoms with Crippen molar-refractivity contribution in [1.29, 1.82) is 0 Å². The SMILES string of the molecule is CCCOc1ccc(C(=S)NCc2ccccc2C)cc1. The Kier molecular flexibility index (Phi) is 5.76. The molecule has 0 spiro atoms. The molecule has 0 atom stereocenters. The molecule has 0 aliphatic heterocycles. The highest BCUT2D eigenvalue weighted by atomic mass is 32.1. The Morgan fingerprint density at radius 2 is 1.81 bits per heavy atom. The van der Waals surface area contributed by atoms with E-state index in [-0.39, 0.29) is 0 Å². The van der Waals surface area contributed by atoms with Crippen LogP contribution < -0.4 is 10.1 Å². The van der Waals surface area contributed by atoms with Gasteiger partial charge in [-0.2, -0.15) is 0 Å². The summed E-state index contributed by atoms with van der Waals surface area (Å²) in [6, 6.07) is 16.3. The van der Waals surface area contributed by atoms with Crippen LogP contribution in [0.2, 0.25) is 0 Å². The van der Waals surface area contributed by atoms with Gasteiger partial charge in [0.05, 0.1) is 6.61 Å². The predicted octanol–water partition coefficient (Wildman–Crippen LogP) is 4.25. The van der Waals surface area contributed by atoms with Gasteiger partial charge in [0.25, 0.3) is 0 Å². The minimum Gasteiger partial charge on any atom is -0.494 e. The first-order chi connectivity index (χ1) is 10.2. The smallest absolute Gasteiger partial charge is 0.119 e. The first-order valence-electron chi connectivity index (χ1n) is 7.26. The van der Waals surface area contributed by atoms with Crippen LogP contribution >= 0.6 is 12.2 Å². The number of rotatable bonds is 6. The standard InChI is InChI=1S/C18H21NOS/c1-3-12-20-17-10-8-15(9-11-17)18(21)19-13-16-7-5-4-6-14(16)2/h4-11H,3,12-13H2,1-2H3,(H,19,21). The third-order valence-electron chi connectivity index (χ3n) is 3.29. The van der Waals surface area contributed by atoms with E-state index >= 15 is 0 Å². The number of hydrogen-bond donors (Lipinski definition) is 1. The van der Waals surface area contributed by atoms with Crippen LogP contribution in [0.3, 0.4) is 0 Å². The molecule has 0 aliphatic carbocycles. The van der Waals surface area contributed by atoms with Gasteiger partial charge in [0.2, 0.25) is 0 Å². The van der Waals surface area contributed by atoms with Gasteiger partial charge in [0.1, 0.15) is 10.7 Å². The topological polar surface area (TPSA) is 21.3 Å². The van der Waals surface area contributed by atoms with Crippen molar-refractivity contribution in [1.82, 2.24) is 5.32 Å². The average molecular weight is 299 g/mol. The second-order valence-corrected chi connectivity index (χ2v) is 5.39. The van der Waals surface area contributed by atoms with Crippen molar-refractivity contribution >= 4 is 17.2 Å². The molecule has 0 amide bonds. The molecule has 2 aromatic carbocycles. The second kappa shape index (κ2) is 7.79. The molecule has 0 bridgehead atoms. The van der Waals surface area contributed by atoms with Crippen molar-refractivity contribution in [3.8, 4) is 5.75 Å². The van der Waals surface area contributed by atoms with Crippen LogP contribution in [0.4, 0.5) is 0 Å². The van der Waals surface area contributed by atoms with E-state index in [4.69, 9.17) is 17.0 Å². The quantitative estimate of drug-likeness (QED) is 0.806. The highest BCUT2D eigenvalue weighted by Gasteiger charge is 2.03. The van der Waals surface area contributed by atoms with Gasteiger partial charge in [-0.25, -0.2) is 0 Å². The van der Waals surface area contributed by atoms with E-state index in [0.29, 0.717) is 0 Å². The van der Waals surface area contributed by atoms with Crippen molar-refractivity contribution < 1.29 is 4.74 Å². The van der Waals surface area contributed by atoms with Gasteiger partial charge >= 0.3 is 0 Å². The van der Waals surface area contributed by atoms with Gasteiger partial charge in [0.15, 0.2) is 0 Å². The highest BCUT2D eigenvalue weighted by molar-refractivity contribution is 7.80. The normalized spacial score (nSPS) is 10.2. The van der Waals surface area contributed by atoms with Gasteiger partial charge in [0, 0.05) is 12.1 Å². The van der Waals surface area contributed by atoms with E-state index in [0.717, 1.165) is 35.9 Å². The summed E-state index contributed by atoms with van der Waals surface area (Å²) in [5.74, 6) is 0.891. The van der Waals surface area contributed by atoms with Crippen molar-refractivity contribution in [3.63, 3.8) is 0 Å². The molecular weight excluding hydrogens is 278 g/mol. The van der Waals surface area contributed by atoms with Crippen molar-refractivity contribution in [2.75, 3.05) is 6.61 Å². The first kappa shape index (κ1) is 15.5. The lowest BCUT2D eigenvalue weighted by Crippen LogP contribution is -2.22. The Morgan fingerprint density at radius 1 is 1.10 bits per heavy atom. The predicted molar refractivity (Wildman–Crippen MR) is 91.9 cm³/mol. The zero-order valence-electron chi connectivity index (χ0n) is 12.6. The molecule has 0 aromatic heterocycles. The summed E-state index contributed by atoms with van der Waals surface area (Å²) in [6.07, 6.45) is 1.01. The molecule has 3 heteroatoms. The zero-order chi connectivity index (χ0) is 15.1. The lowest BCUT2D eigenvalue weighted by atomic mass is 10.1.